The van der Waals surface area contributed by atoms with Crippen molar-refractivity contribution >= 4 is 11.8 Å². The number of hydrogen-bond acceptors (Lipinski definition) is 6. The van der Waals surface area contributed by atoms with Crippen molar-refractivity contribution in [3.63, 3.8) is 0 Å². The van der Waals surface area contributed by atoms with Gasteiger partial charge in [0.2, 0.25) is 11.8 Å². The lowest BCUT2D eigenvalue weighted by Gasteiger charge is -2.33. The maximum Gasteiger partial charge on any atom is 0.262 e. The third kappa shape index (κ3) is 8.24. The number of aromatic amines is 2. The van der Waals surface area contributed by atoms with Crippen molar-refractivity contribution in [2.75, 3.05) is 13.1 Å². The first-order valence-electron chi connectivity index (χ1n) is 18.2. The molecule has 2 aromatic carbocycles. The molecule has 0 radical (unpaired) electrons. The van der Waals surface area contributed by atoms with Gasteiger partial charge in [0, 0.05) is 12.8 Å². The van der Waals surface area contributed by atoms with Crippen LogP contribution >= 0.6 is 0 Å². The van der Waals surface area contributed by atoms with Gasteiger partial charge in [0.15, 0.2) is 0 Å². The first-order valence-corrected chi connectivity index (χ1v) is 18.2. The van der Waals surface area contributed by atoms with Gasteiger partial charge in [-0.05, 0) is 46.9 Å². The summed E-state index contributed by atoms with van der Waals surface area (Å²) >= 11 is 0. The molecule has 6 rings (SSSR count). The molecule has 4 heterocycles. The van der Waals surface area contributed by atoms with E-state index in [9.17, 15) is 27.2 Å². The van der Waals surface area contributed by atoms with Crippen LogP contribution in [0.1, 0.15) is 92.0 Å². The average molecular weight is 751 g/mol. The van der Waals surface area contributed by atoms with Gasteiger partial charge in [-0.25, -0.2) is 27.5 Å². The Bertz CT molecular complexity index is 1850. The molecule has 10 nitrogen and oxygen atoms in total. The maximum atomic E-state index is 14.0. The van der Waals surface area contributed by atoms with Crippen LogP contribution in [0.25, 0.3) is 33.6 Å². The summed E-state index contributed by atoms with van der Waals surface area (Å²) in [4.78, 5) is 42.3. The van der Waals surface area contributed by atoms with E-state index in [1.54, 1.807) is 12.4 Å². The Morgan fingerprint density at radius 1 is 0.611 bits per heavy atom. The summed E-state index contributed by atoms with van der Waals surface area (Å²) in [6.45, 7) is 13.6. The Kier molecular flexibility index (Phi) is 9.88. The molecule has 290 valence electrons. The van der Waals surface area contributed by atoms with Gasteiger partial charge in [-0.2, -0.15) is 0 Å². The lowest BCUT2D eigenvalue weighted by atomic mass is 9.85. The number of rotatable bonds is 9. The molecule has 6 N–H and O–H groups in total. The minimum absolute atomic E-state index is 0.464. The normalized spacial score (nSPS) is 23.6. The molecule has 2 aliphatic heterocycles. The number of hydrogen-bond donors (Lipinski definition) is 6. The fourth-order valence-corrected chi connectivity index (χ4v) is 7.17. The number of amides is 2. The van der Waals surface area contributed by atoms with Crippen LogP contribution in [0.15, 0.2) is 60.9 Å². The fourth-order valence-electron chi connectivity index (χ4n) is 7.17. The van der Waals surface area contributed by atoms with Crippen LogP contribution in [0, 0.1) is 10.8 Å². The van der Waals surface area contributed by atoms with E-state index >= 15 is 0 Å². The molecule has 2 saturated heterocycles. The Hall–Kier alpha value is -4.56. The molecular weight excluding hydrogens is 700 g/mol. The SMILES string of the molecule is CC1(C(=O)N[C@H](c2ncc(-c3ccc(-c4ccc(-c5cnc([C@@H](NC(=O)C6(C)CC(F)(F)CN6)C(C)(C)C)[nH]5)cc4)cc3)[nH]2)C(C)(C)C)CC(F)(F)CN1. The van der Waals surface area contributed by atoms with E-state index in [1.807, 2.05) is 90.1 Å². The summed E-state index contributed by atoms with van der Waals surface area (Å²) in [6.07, 6.45) is 2.26. The van der Waals surface area contributed by atoms with Crippen LogP contribution in [0.3, 0.4) is 0 Å². The van der Waals surface area contributed by atoms with Gasteiger partial charge >= 0.3 is 0 Å². The highest BCUT2D eigenvalue weighted by Gasteiger charge is 2.52. The molecule has 2 amide bonds. The molecular formula is C40H50F4N8O2. The lowest BCUT2D eigenvalue weighted by molar-refractivity contribution is -0.129. The van der Waals surface area contributed by atoms with Crippen LogP contribution < -0.4 is 21.3 Å². The van der Waals surface area contributed by atoms with E-state index in [0.29, 0.717) is 11.6 Å². The van der Waals surface area contributed by atoms with Gasteiger partial charge < -0.3 is 20.6 Å². The third-order valence-corrected chi connectivity index (χ3v) is 10.4. The van der Waals surface area contributed by atoms with E-state index in [4.69, 9.17) is 0 Å². The number of carbonyl (C=O) groups is 2. The number of H-pyrrole nitrogens is 2. The zero-order valence-corrected chi connectivity index (χ0v) is 32.0. The standard InChI is InChI=1S/C40H50F4N8O2/c1-35(2,3)29(51-33(53)37(7)19-39(41,42)21-47-37)31-45-17-27(49-31)25-13-9-23(10-14-25)24-11-15-26(16-12-24)28-18-46-32(50-28)30(36(4,5)6)52-34(54)38(8)20-40(43,44)22-48-38/h9-18,29-30,47-48H,19-22H2,1-8H3,(H,45,49)(H,46,50)(H,51,53)(H,52,54)/t29-,30-,37?,38?/m1/s1. The Morgan fingerprint density at radius 3 is 1.20 bits per heavy atom. The molecule has 2 unspecified atom stereocenters. The van der Waals surface area contributed by atoms with Gasteiger partial charge in [-0.1, -0.05) is 90.1 Å². The predicted octanol–water partition coefficient (Wildman–Crippen LogP) is 7.32. The van der Waals surface area contributed by atoms with Crippen LogP contribution in [0.2, 0.25) is 0 Å². The zero-order valence-electron chi connectivity index (χ0n) is 32.0. The minimum Gasteiger partial charge on any atom is -0.344 e. The molecule has 2 fully saturated rings. The number of aromatic nitrogens is 4. The topological polar surface area (TPSA) is 140 Å². The van der Waals surface area contributed by atoms with Crippen molar-refractivity contribution < 1.29 is 27.2 Å². The second kappa shape index (κ2) is 13.6. The van der Waals surface area contributed by atoms with Gasteiger partial charge in [0.05, 0.1) is 49.0 Å². The summed E-state index contributed by atoms with van der Waals surface area (Å²) in [5, 5.41) is 11.3. The second-order valence-electron chi connectivity index (χ2n) is 17.5. The Morgan fingerprint density at radius 2 is 0.926 bits per heavy atom. The van der Waals surface area contributed by atoms with Crippen molar-refractivity contribution in [3.05, 3.63) is 72.6 Å². The summed E-state index contributed by atoms with van der Waals surface area (Å²) in [5.41, 5.74) is 1.54. The summed E-state index contributed by atoms with van der Waals surface area (Å²) in [5.74, 6) is -5.83. The monoisotopic (exact) mass is 750 g/mol. The third-order valence-electron chi connectivity index (χ3n) is 10.4. The second-order valence-corrected chi connectivity index (χ2v) is 17.5. The number of halogens is 4. The smallest absolute Gasteiger partial charge is 0.262 e. The van der Waals surface area contributed by atoms with Crippen molar-refractivity contribution in [3.8, 4) is 33.6 Å². The van der Waals surface area contributed by atoms with E-state index in [0.717, 1.165) is 33.6 Å². The van der Waals surface area contributed by atoms with Crippen LogP contribution in [0.4, 0.5) is 17.6 Å². The van der Waals surface area contributed by atoms with Gasteiger partial charge in [-0.15, -0.1) is 0 Å². The number of imidazole rings is 2. The molecule has 0 bridgehead atoms. The summed E-state index contributed by atoms with van der Waals surface area (Å²) in [6, 6.07) is 14.8. The van der Waals surface area contributed by atoms with Gasteiger partial charge in [0.25, 0.3) is 11.8 Å². The first-order chi connectivity index (χ1) is 25.0. The number of carbonyl (C=O) groups excluding carboxylic acids is 2. The van der Waals surface area contributed by atoms with Crippen molar-refractivity contribution in [1.82, 2.24) is 41.2 Å². The summed E-state index contributed by atoms with van der Waals surface area (Å²) < 4.78 is 55.9. The van der Waals surface area contributed by atoms with Gasteiger partial charge in [0.1, 0.15) is 22.7 Å². The quantitative estimate of drug-likeness (QED) is 0.0993. The Labute approximate surface area is 313 Å². The number of alkyl halides is 4. The number of nitrogens with zero attached hydrogens (tertiary/aromatic N) is 2. The molecule has 0 saturated carbocycles. The van der Waals surface area contributed by atoms with E-state index < -0.39 is 83.6 Å². The highest BCUT2D eigenvalue weighted by molar-refractivity contribution is 5.87. The largest absolute Gasteiger partial charge is 0.344 e. The molecule has 0 aliphatic carbocycles. The number of benzene rings is 2. The summed E-state index contributed by atoms with van der Waals surface area (Å²) in [7, 11) is 0. The highest BCUT2D eigenvalue weighted by atomic mass is 19.3. The van der Waals surface area contributed by atoms with Gasteiger partial charge in [-0.3, -0.25) is 20.2 Å². The molecule has 0 spiro atoms. The van der Waals surface area contributed by atoms with Crippen molar-refractivity contribution in [1.29, 1.82) is 0 Å². The molecule has 54 heavy (non-hydrogen) atoms. The highest BCUT2D eigenvalue weighted by Crippen LogP contribution is 2.38. The molecule has 4 atom stereocenters. The average Bonchev–Trinajstić information content (AvgIpc) is 3.88. The number of nitrogens with one attached hydrogen (secondary N) is 6. The van der Waals surface area contributed by atoms with Crippen LogP contribution in [-0.4, -0.2) is 67.8 Å². The maximum absolute atomic E-state index is 14.0. The van der Waals surface area contributed by atoms with Crippen LogP contribution in [-0.2, 0) is 9.59 Å². The Balaban J connectivity index is 1.13. The van der Waals surface area contributed by atoms with Crippen molar-refractivity contribution in [2.24, 2.45) is 10.8 Å². The van der Waals surface area contributed by atoms with Crippen molar-refractivity contribution in [2.45, 2.75) is 103 Å². The van der Waals surface area contributed by atoms with E-state index in [1.165, 1.54) is 13.8 Å². The predicted molar refractivity (Wildman–Crippen MR) is 200 cm³/mol. The minimum atomic E-state index is -2.95. The van der Waals surface area contributed by atoms with Crippen LogP contribution in [0.5, 0.6) is 0 Å². The zero-order chi connectivity index (χ0) is 39.5. The first kappa shape index (κ1) is 39.1. The molecule has 2 aliphatic rings. The fraction of sp³-hybridized carbons (Fsp3) is 0.500. The molecule has 4 aromatic rings. The van der Waals surface area contributed by atoms with E-state index in [2.05, 4.69) is 41.2 Å². The molecule has 14 heteroatoms. The molecule has 2 aromatic heterocycles. The lowest BCUT2D eigenvalue weighted by Crippen LogP contribution is -2.53. The van der Waals surface area contributed by atoms with E-state index in [-0.39, 0.29) is 0 Å².